The second kappa shape index (κ2) is 2.98. The number of nitrogen functional groups attached to an aromatic ring is 1. The summed E-state index contributed by atoms with van der Waals surface area (Å²) in [4.78, 5) is 9.53. The normalized spacial score (nSPS) is 9.15. The molecular formula is C7H5N3O3. The van der Waals surface area contributed by atoms with E-state index in [9.17, 15) is 10.1 Å². The first-order valence-electron chi connectivity index (χ1n) is 3.23. The van der Waals surface area contributed by atoms with Gasteiger partial charge in [0, 0.05) is 6.07 Å². The molecule has 0 aliphatic carbocycles. The van der Waals surface area contributed by atoms with Crippen LogP contribution < -0.4 is 5.73 Å². The van der Waals surface area contributed by atoms with Gasteiger partial charge in [0.25, 0.3) is 0 Å². The van der Waals surface area contributed by atoms with Crippen molar-refractivity contribution in [1.82, 2.24) is 0 Å². The number of nitrogens with two attached hydrogens (primary N) is 1. The Labute approximate surface area is 73.0 Å². The molecule has 0 heterocycles. The van der Waals surface area contributed by atoms with Crippen molar-refractivity contribution in [2.24, 2.45) is 0 Å². The number of aromatic hydroxyl groups is 1. The van der Waals surface area contributed by atoms with Gasteiger partial charge in [-0.2, -0.15) is 5.26 Å². The Bertz CT molecular complexity index is 385. The molecule has 0 saturated heterocycles. The van der Waals surface area contributed by atoms with Crippen LogP contribution in [0.3, 0.4) is 0 Å². The lowest BCUT2D eigenvalue weighted by Crippen LogP contribution is -1.96. The summed E-state index contributed by atoms with van der Waals surface area (Å²) in [5, 5.41) is 27.9. The van der Waals surface area contributed by atoms with Crippen LogP contribution in [0.2, 0.25) is 0 Å². The molecule has 1 aromatic rings. The van der Waals surface area contributed by atoms with Crippen LogP contribution in [0.25, 0.3) is 0 Å². The number of hydrogen-bond donors (Lipinski definition) is 2. The number of nitrogens with zero attached hydrogens (tertiary/aromatic N) is 2. The molecule has 0 aliphatic rings. The summed E-state index contributed by atoms with van der Waals surface area (Å²) < 4.78 is 0. The van der Waals surface area contributed by atoms with Gasteiger partial charge in [0.15, 0.2) is 5.75 Å². The molecule has 0 aromatic heterocycles. The minimum absolute atomic E-state index is 0.0839. The molecule has 6 heteroatoms. The average molecular weight is 179 g/mol. The van der Waals surface area contributed by atoms with Crippen LogP contribution in [0.5, 0.6) is 5.75 Å². The fourth-order valence-corrected chi connectivity index (χ4v) is 0.905. The first-order valence-corrected chi connectivity index (χ1v) is 3.23. The van der Waals surface area contributed by atoms with Gasteiger partial charge in [-0.3, -0.25) is 10.1 Å². The second-order valence-corrected chi connectivity index (χ2v) is 2.30. The monoisotopic (exact) mass is 179 g/mol. The molecule has 0 bridgehead atoms. The molecule has 1 aromatic carbocycles. The van der Waals surface area contributed by atoms with Gasteiger partial charge < -0.3 is 10.8 Å². The lowest BCUT2D eigenvalue weighted by Gasteiger charge is -1.99. The van der Waals surface area contributed by atoms with E-state index in [1.807, 2.05) is 0 Å². The molecule has 66 valence electrons. The van der Waals surface area contributed by atoms with Crippen LogP contribution in [0.4, 0.5) is 11.4 Å². The molecule has 13 heavy (non-hydrogen) atoms. The minimum atomic E-state index is -0.800. The van der Waals surface area contributed by atoms with Crippen molar-refractivity contribution >= 4 is 11.4 Å². The highest BCUT2D eigenvalue weighted by molar-refractivity contribution is 5.68. The van der Waals surface area contributed by atoms with Gasteiger partial charge in [0.05, 0.1) is 16.6 Å². The summed E-state index contributed by atoms with van der Waals surface area (Å²) in [6.45, 7) is 0. The summed E-state index contributed by atoms with van der Waals surface area (Å²) in [6.07, 6.45) is 0. The van der Waals surface area contributed by atoms with E-state index in [0.717, 1.165) is 12.1 Å². The zero-order chi connectivity index (χ0) is 10.0. The lowest BCUT2D eigenvalue weighted by molar-refractivity contribution is -0.384. The highest BCUT2D eigenvalue weighted by Crippen LogP contribution is 2.32. The number of hydrogen-bond acceptors (Lipinski definition) is 5. The van der Waals surface area contributed by atoms with Gasteiger partial charge in [0.2, 0.25) is 0 Å². The van der Waals surface area contributed by atoms with Gasteiger partial charge in [-0.05, 0) is 6.07 Å². The number of rotatable bonds is 1. The fraction of sp³-hybridized carbons (Fsp3) is 0. The third-order valence-electron chi connectivity index (χ3n) is 1.43. The minimum Gasteiger partial charge on any atom is -0.502 e. The number of nitro groups is 1. The number of phenolic OH excluding ortho intramolecular Hbond substituents is 1. The van der Waals surface area contributed by atoms with Crippen LogP contribution in [0.15, 0.2) is 12.1 Å². The molecule has 6 nitrogen and oxygen atoms in total. The number of anilines is 1. The third-order valence-corrected chi connectivity index (χ3v) is 1.43. The molecule has 3 N–H and O–H groups in total. The van der Waals surface area contributed by atoms with E-state index in [1.165, 1.54) is 0 Å². The Hall–Kier alpha value is -2.29. The SMILES string of the molecule is N#Cc1cc(N)c([N+](=O)[O-])c(O)c1. The predicted molar refractivity (Wildman–Crippen MR) is 43.9 cm³/mol. The Morgan fingerprint density at radius 3 is 2.62 bits per heavy atom. The summed E-state index contributed by atoms with van der Waals surface area (Å²) in [5.41, 5.74) is 4.54. The zero-order valence-electron chi connectivity index (χ0n) is 6.39. The van der Waals surface area contributed by atoms with Crippen LogP contribution in [-0.2, 0) is 0 Å². The predicted octanol–water partition coefficient (Wildman–Crippen LogP) is 0.754. The molecule has 1 rings (SSSR count). The number of phenols is 1. The first-order chi connectivity index (χ1) is 6.06. The van der Waals surface area contributed by atoms with Gasteiger partial charge in [-0.25, -0.2) is 0 Å². The fourth-order valence-electron chi connectivity index (χ4n) is 0.905. The van der Waals surface area contributed by atoms with Gasteiger partial charge in [0.1, 0.15) is 5.69 Å². The second-order valence-electron chi connectivity index (χ2n) is 2.30. The van der Waals surface area contributed by atoms with Crippen molar-refractivity contribution in [3.8, 4) is 11.8 Å². The number of benzene rings is 1. The van der Waals surface area contributed by atoms with Gasteiger partial charge >= 0.3 is 5.69 Å². The van der Waals surface area contributed by atoms with E-state index in [1.54, 1.807) is 6.07 Å². The largest absolute Gasteiger partial charge is 0.502 e. The van der Waals surface area contributed by atoms with Crippen molar-refractivity contribution in [2.75, 3.05) is 5.73 Å². The third kappa shape index (κ3) is 1.49. The molecule has 0 atom stereocenters. The Morgan fingerprint density at radius 2 is 2.23 bits per heavy atom. The first kappa shape index (κ1) is 8.80. The Kier molecular flexibility index (Phi) is 2.02. The zero-order valence-corrected chi connectivity index (χ0v) is 6.39. The Balaban J connectivity index is 3.42. The topological polar surface area (TPSA) is 113 Å². The molecule has 0 amide bonds. The standard InChI is InChI=1S/C7H5N3O3/c8-3-4-1-5(9)7(10(12)13)6(11)2-4/h1-2,11H,9H2. The molecule has 0 fully saturated rings. The highest BCUT2D eigenvalue weighted by Gasteiger charge is 2.18. The van der Waals surface area contributed by atoms with Crippen molar-refractivity contribution in [1.29, 1.82) is 5.26 Å². The summed E-state index contributed by atoms with van der Waals surface area (Å²) >= 11 is 0. The molecular weight excluding hydrogens is 174 g/mol. The maximum atomic E-state index is 10.3. The number of nitriles is 1. The van der Waals surface area contributed by atoms with Crippen molar-refractivity contribution < 1.29 is 10.0 Å². The molecule has 0 unspecified atom stereocenters. The maximum Gasteiger partial charge on any atom is 0.333 e. The summed E-state index contributed by atoms with van der Waals surface area (Å²) in [7, 11) is 0. The van der Waals surface area contributed by atoms with E-state index < -0.39 is 16.4 Å². The van der Waals surface area contributed by atoms with E-state index >= 15 is 0 Å². The summed E-state index contributed by atoms with van der Waals surface area (Å²) in [6, 6.07) is 3.84. The van der Waals surface area contributed by atoms with E-state index in [0.29, 0.717) is 0 Å². The van der Waals surface area contributed by atoms with E-state index in [4.69, 9.17) is 16.1 Å². The van der Waals surface area contributed by atoms with Crippen LogP contribution in [-0.4, -0.2) is 10.0 Å². The number of nitro benzene ring substituents is 1. The van der Waals surface area contributed by atoms with Gasteiger partial charge in [-0.1, -0.05) is 0 Å². The average Bonchev–Trinajstić information content (AvgIpc) is 2.02. The van der Waals surface area contributed by atoms with E-state index in [2.05, 4.69) is 0 Å². The molecule has 0 saturated carbocycles. The van der Waals surface area contributed by atoms with Crippen molar-refractivity contribution in [3.05, 3.63) is 27.8 Å². The van der Waals surface area contributed by atoms with Gasteiger partial charge in [-0.15, -0.1) is 0 Å². The van der Waals surface area contributed by atoms with Crippen LogP contribution in [0, 0.1) is 21.4 Å². The van der Waals surface area contributed by atoms with Crippen molar-refractivity contribution in [2.45, 2.75) is 0 Å². The maximum absolute atomic E-state index is 10.3. The smallest absolute Gasteiger partial charge is 0.333 e. The molecule has 0 radical (unpaired) electrons. The highest BCUT2D eigenvalue weighted by atomic mass is 16.6. The molecule has 0 aliphatic heterocycles. The summed E-state index contributed by atoms with van der Waals surface area (Å²) in [5.74, 6) is -0.596. The van der Waals surface area contributed by atoms with E-state index in [-0.39, 0.29) is 11.3 Å². The van der Waals surface area contributed by atoms with Crippen molar-refractivity contribution in [3.63, 3.8) is 0 Å². The molecule has 0 spiro atoms. The Morgan fingerprint density at radius 1 is 1.62 bits per heavy atom. The van der Waals surface area contributed by atoms with Crippen LogP contribution >= 0.6 is 0 Å². The quantitative estimate of drug-likeness (QED) is 0.375. The van der Waals surface area contributed by atoms with Crippen LogP contribution in [0.1, 0.15) is 5.56 Å². The lowest BCUT2D eigenvalue weighted by atomic mass is 10.2.